The number of thiophene rings is 1. The summed E-state index contributed by atoms with van der Waals surface area (Å²) in [6, 6.07) is 10.3. The van der Waals surface area contributed by atoms with Gasteiger partial charge < -0.3 is 5.73 Å². The fourth-order valence-electron chi connectivity index (χ4n) is 1.95. The zero-order valence-electron chi connectivity index (χ0n) is 11.0. The number of hydrogen-bond donors (Lipinski definition) is 1. The predicted octanol–water partition coefficient (Wildman–Crippen LogP) is 4.82. The van der Waals surface area contributed by atoms with Gasteiger partial charge in [0.2, 0.25) is 0 Å². The summed E-state index contributed by atoms with van der Waals surface area (Å²) in [5.41, 5.74) is 8.23. The second kappa shape index (κ2) is 5.04. The summed E-state index contributed by atoms with van der Waals surface area (Å²) in [5.74, 6) is 0. The highest BCUT2D eigenvalue weighted by atomic mass is 35.5. The van der Waals surface area contributed by atoms with E-state index in [-0.39, 0.29) is 5.41 Å². The number of halogens is 1. The molecule has 0 radical (unpaired) electrons. The molecule has 0 amide bonds. The van der Waals surface area contributed by atoms with E-state index in [9.17, 15) is 0 Å². The van der Waals surface area contributed by atoms with E-state index < -0.39 is 0 Å². The van der Waals surface area contributed by atoms with Crippen molar-refractivity contribution < 1.29 is 0 Å². The maximum absolute atomic E-state index is 6.35. The minimum Gasteiger partial charge on any atom is -0.326 e. The first-order valence-electron chi connectivity index (χ1n) is 6.01. The monoisotopic (exact) mass is 279 g/mol. The lowest BCUT2D eigenvalue weighted by Gasteiger charge is -2.16. The molecule has 1 aromatic carbocycles. The predicted molar refractivity (Wildman–Crippen MR) is 81.4 cm³/mol. The van der Waals surface area contributed by atoms with Crippen LogP contribution in [0.1, 0.15) is 31.2 Å². The van der Waals surface area contributed by atoms with Crippen LogP contribution in [0.2, 0.25) is 5.02 Å². The molecular weight excluding hydrogens is 262 g/mol. The van der Waals surface area contributed by atoms with E-state index in [1.54, 1.807) is 11.3 Å². The van der Waals surface area contributed by atoms with E-state index in [4.69, 9.17) is 17.3 Å². The third kappa shape index (κ3) is 2.61. The fraction of sp³-hybridized carbons (Fsp3) is 0.333. The Labute approximate surface area is 118 Å². The van der Waals surface area contributed by atoms with Gasteiger partial charge in [0.25, 0.3) is 0 Å². The van der Waals surface area contributed by atoms with Gasteiger partial charge in [-0.15, -0.1) is 11.3 Å². The average Bonchev–Trinajstić information content (AvgIpc) is 2.71. The summed E-state index contributed by atoms with van der Waals surface area (Å²) in [6.45, 7) is 7.10. The van der Waals surface area contributed by atoms with Crippen molar-refractivity contribution in [2.75, 3.05) is 0 Å². The summed E-state index contributed by atoms with van der Waals surface area (Å²) in [7, 11) is 0. The van der Waals surface area contributed by atoms with Crippen LogP contribution in [0.15, 0.2) is 30.3 Å². The molecule has 0 fully saturated rings. The van der Waals surface area contributed by atoms with Gasteiger partial charge in [0.15, 0.2) is 0 Å². The Kier molecular flexibility index (Phi) is 3.81. The van der Waals surface area contributed by atoms with E-state index in [1.165, 1.54) is 15.3 Å². The van der Waals surface area contributed by atoms with Crippen LogP contribution >= 0.6 is 22.9 Å². The molecule has 1 heterocycles. The van der Waals surface area contributed by atoms with Gasteiger partial charge in [-0.1, -0.05) is 56.6 Å². The molecule has 1 nitrogen and oxygen atoms in total. The Balaban J connectivity index is 2.53. The normalized spacial score (nSPS) is 11.8. The van der Waals surface area contributed by atoms with Crippen molar-refractivity contribution in [3.8, 4) is 10.4 Å². The van der Waals surface area contributed by atoms with Crippen LogP contribution in [-0.2, 0) is 12.0 Å². The van der Waals surface area contributed by atoms with E-state index in [1.807, 2.05) is 12.1 Å². The lowest BCUT2D eigenvalue weighted by atomic mass is 9.95. The molecular formula is C15H18ClNS. The van der Waals surface area contributed by atoms with Crippen molar-refractivity contribution in [1.29, 1.82) is 0 Å². The Morgan fingerprint density at radius 2 is 1.89 bits per heavy atom. The van der Waals surface area contributed by atoms with Gasteiger partial charge in [-0.05, 0) is 22.6 Å². The number of nitrogens with two attached hydrogens (primary N) is 1. The average molecular weight is 280 g/mol. The standard InChI is InChI=1S/C15H18ClNS/c1-15(2,3)14-12(16)8-13(18-14)11-7-5-4-6-10(11)9-17/h4-8H,9,17H2,1-3H3. The Morgan fingerprint density at radius 3 is 2.44 bits per heavy atom. The molecule has 0 saturated carbocycles. The molecule has 0 bridgehead atoms. The highest BCUT2D eigenvalue weighted by molar-refractivity contribution is 7.16. The number of rotatable bonds is 2. The zero-order valence-corrected chi connectivity index (χ0v) is 12.5. The molecule has 1 aromatic heterocycles. The fourth-order valence-corrected chi connectivity index (χ4v) is 3.69. The first-order valence-corrected chi connectivity index (χ1v) is 7.21. The smallest absolute Gasteiger partial charge is 0.0556 e. The summed E-state index contributed by atoms with van der Waals surface area (Å²) < 4.78 is 0. The van der Waals surface area contributed by atoms with Crippen molar-refractivity contribution in [1.82, 2.24) is 0 Å². The number of hydrogen-bond acceptors (Lipinski definition) is 2. The topological polar surface area (TPSA) is 26.0 Å². The second-order valence-electron chi connectivity index (χ2n) is 5.40. The van der Waals surface area contributed by atoms with Crippen molar-refractivity contribution in [2.24, 2.45) is 5.73 Å². The van der Waals surface area contributed by atoms with Gasteiger partial charge in [0.05, 0.1) is 5.02 Å². The molecule has 2 aromatic rings. The minimum absolute atomic E-state index is 0.0810. The van der Waals surface area contributed by atoms with Crippen LogP contribution in [0, 0.1) is 0 Å². The van der Waals surface area contributed by atoms with Crippen molar-refractivity contribution in [3.05, 3.63) is 45.8 Å². The van der Waals surface area contributed by atoms with Crippen LogP contribution in [-0.4, -0.2) is 0 Å². The molecule has 0 aliphatic heterocycles. The lowest BCUT2D eigenvalue weighted by molar-refractivity contribution is 0.604. The highest BCUT2D eigenvalue weighted by Crippen LogP contribution is 2.41. The molecule has 0 unspecified atom stereocenters. The molecule has 0 atom stereocenters. The Bertz CT molecular complexity index is 552. The molecule has 0 saturated heterocycles. The zero-order chi connectivity index (χ0) is 13.3. The third-order valence-corrected chi connectivity index (χ3v) is 4.87. The Hall–Kier alpha value is -0.830. The van der Waals surface area contributed by atoms with E-state index in [0.29, 0.717) is 6.54 Å². The third-order valence-electron chi connectivity index (χ3n) is 2.87. The summed E-state index contributed by atoms with van der Waals surface area (Å²) >= 11 is 8.12. The molecule has 3 heteroatoms. The minimum atomic E-state index is 0.0810. The van der Waals surface area contributed by atoms with Crippen LogP contribution in [0.3, 0.4) is 0 Å². The van der Waals surface area contributed by atoms with Gasteiger partial charge in [0, 0.05) is 16.3 Å². The van der Waals surface area contributed by atoms with E-state index in [2.05, 4.69) is 39.0 Å². The van der Waals surface area contributed by atoms with E-state index in [0.717, 1.165) is 10.6 Å². The molecule has 0 spiro atoms. The van der Waals surface area contributed by atoms with Crippen molar-refractivity contribution >= 4 is 22.9 Å². The maximum Gasteiger partial charge on any atom is 0.0556 e. The summed E-state index contributed by atoms with van der Waals surface area (Å²) in [4.78, 5) is 2.43. The maximum atomic E-state index is 6.35. The number of benzene rings is 1. The quantitative estimate of drug-likeness (QED) is 0.838. The van der Waals surface area contributed by atoms with Crippen LogP contribution < -0.4 is 5.73 Å². The van der Waals surface area contributed by atoms with Gasteiger partial charge in [-0.2, -0.15) is 0 Å². The van der Waals surface area contributed by atoms with Crippen molar-refractivity contribution in [3.63, 3.8) is 0 Å². The second-order valence-corrected chi connectivity index (χ2v) is 6.86. The van der Waals surface area contributed by atoms with E-state index >= 15 is 0 Å². The molecule has 2 N–H and O–H groups in total. The molecule has 0 aliphatic carbocycles. The molecule has 0 aliphatic rings. The van der Waals surface area contributed by atoms with Crippen LogP contribution in [0.4, 0.5) is 0 Å². The van der Waals surface area contributed by atoms with Gasteiger partial charge >= 0.3 is 0 Å². The summed E-state index contributed by atoms with van der Waals surface area (Å²) in [5, 5.41) is 0.856. The van der Waals surface area contributed by atoms with Gasteiger partial charge in [-0.25, -0.2) is 0 Å². The van der Waals surface area contributed by atoms with Crippen LogP contribution in [0.25, 0.3) is 10.4 Å². The summed E-state index contributed by atoms with van der Waals surface area (Å²) in [6.07, 6.45) is 0. The van der Waals surface area contributed by atoms with Crippen molar-refractivity contribution in [2.45, 2.75) is 32.7 Å². The molecule has 18 heavy (non-hydrogen) atoms. The van der Waals surface area contributed by atoms with Gasteiger partial charge in [0.1, 0.15) is 0 Å². The van der Waals surface area contributed by atoms with Gasteiger partial charge in [-0.3, -0.25) is 0 Å². The highest BCUT2D eigenvalue weighted by Gasteiger charge is 2.21. The molecule has 2 rings (SSSR count). The molecule has 96 valence electrons. The lowest BCUT2D eigenvalue weighted by Crippen LogP contribution is -2.08. The first kappa shape index (κ1) is 13.6. The first-order chi connectivity index (χ1) is 8.43. The largest absolute Gasteiger partial charge is 0.326 e. The van der Waals surface area contributed by atoms with Crippen LogP contribution in [0.5, 0.6) is 0 Å². The Morgan fingerprint density at radius 1 is 1.22 bits per heavy atom. The SMILES string of the molecule is CC(C)(C)c1sc(-c2ccccc2CN)cc1Cl.